The highest BCUT2D eigenvalue weighted by Gasteiger charge is 2.26. The number of benzene rings is 1. The Balaban J connectivity index is 1.97. The van der Waals surface area contributed by atoms with E-state index in [2.05, 4.69) is 6.07 Å². The monoisotopic (exact) mass is 353 g/mol. The summed E-state index contributed by atoms with van der Waals surface area (Å²) >= 11 is 1.66. The zero-order valence-corrected chi connectivity index (χ0v) is 15.9. The molecule has 2 aromatic heterocycles. The van der Waals surface area contributed by atoms with Crippen LogP contribution in [-0.4, -0.2) is 27.6 Å². The number of nitrogens with zero attached hydrogens (tertiary/aromatic N) is 3. The normalized spacial score (nSPS) is 11.5. The van der Waals surface area contributed by atoms with Crippen molar-refractivity contribution in [2.75, 3.05) is 7.05 Å². The smallest absolute Gasteiger partial charge is 0.227 e. The second kappa shape index (κ2) is 6.84. The van der Waals surface area contributed by atoms with Crippen molar-refractivity contribution in [3.8, 4) is 16.3 Å². The van der Waals surface area contributed by atoms with Gasteiger partial charge in [0, 0.05) is 30.8 Å². The average molecular weight is 353 g/mol. The van der Waals surface area contributed by atoms with Gasteiger partial charge in [0.25, 0.3) is 0 Å². The van der Waals surface area contributed by atoms with E-state index in [0.29, 0.717) is 6.54 Å². The van der Waals surface area contributed by atoms with Crippen LogP contribution in [-0.2, 0) is 11.3 Å². The first-order valence-electron chi connectivity index (χ1n) is 8.29. The number of amides is 1. The zero-order chi connectivity index (χ0) is 18.0. The maximum atomic E-state index is 12.5. The third kappa shape index (κ3) is 3.82. The standard InChI is InChI=1S/C20H23N3OS/c1-20(2,3)19(24)22(4)13-15-14-23(16-9-6-5-7-10-16)21-18(15)17-11-8-12-25-17/h5-12,14H,13H2,1-4H3. The zero-order valence-electron chi connectivity index (χ0n) is 15.1. The lowest BCUT2D eigenvalue weighted by Gasteiger charge is -2.25. The summed E-state index contributed by atoms with van der Waals surface area (Å²) in [4.78, 5) is 15.4. The molecule has 0 aliphatic carbocycles. The van der Waals surface area contributed by atoms with Crippen molar-refractivity contribution in [2.45, 2.75) is 27.3 Å². The highest BCUT2D eigenvalue weighted by Crippen LogP contribution is 2.29. The van der Waals surface area contributed by atoms with Crippen molar-refractivity contribution >= 4 is 17.2 Å². The number of rotatable bonds is 4. The molecule has 1 amide bonds. The number of thiophene rings is 1. The van der Waals surface area contributed by atoms with Gasteiger partial charge in [-0.3, -0.25) is 4.79 Å². The van der Waals surface area contributed by atoms with Gasteiger partial charge in [0.2, 0.25) is 5.91 Å². The van der Waals surface area contributed by atoms with Crippen LogP contribution in [0, 0.1) is 5.41 Å². The van der Waals surface area contributed by atoms with E-state index >= 15 is 0 Å². The van der Waals surface area contributed by atoms with Gasteiger partial charge < -0.3 is 4.90 Å². The van der Waals surface area contributed by atoms with E-state index in [1.54, 1.807) is 16.2 Å². The van der Waals surface area contributed by atoms with Gasteiger partial charge in [-0.1, -0.05) is 45.0 Å². The summed E-state index contributed by atoms with van der Waals surface area (Å²) in [7, 11) is 1.85. The Morgan fingerprint density at radius 2 is 1.88 bits per heavy atom. The van der Waals surface area contributed by atoms with Crippen molar-refractivity contribution in [1.82, 2.24) is 14.7 Å². The van der Waals surface area contributed by atoms with Crippen LogP contribution in [0.15, 0.2) is 54.0 Å². The molecule has 5 heteroatoms. The molecule has 1 aromatic carbocycles. The fraction of sp³-hybridized carbons (Fsp3) is 0.300. The lowest BCUT2D eigenvalue weighted by atomic mass is 9.95. The number of hydrogen-bond donors (Lipinski definition) is 0. The predicted molar refractivity (Wildman–Crippen MR) is 103 cm³/mol. The van der Waals surface area contributed by atoms with Crippen LogP contribution in [0.2, 0.25) is 0 Å². The molecule has 4 nitrogen and oxygen atoms in total. The molecule has 0 atom stereocenters. The van der Waals surface area contributed by atoms with Gasteiger partial charge in [-0.05, 0) is 23.6 Å². The van der Waals surface area contributed by atoms with E-state index in [4.69, 9.17) is 5.10 Å². The van der Waals surface area contributed by atoms with E-state index in [0.717, 1.165) is 21.8 Å². The molecule has 130 valence electrons. The summed E-state index contributed by atoms with van der Waals surface area (Å²) in [5.74, 6) is 0.122. The first kappa shape index (κ1) is 17.4. The molecular formula is C20H23N3OS. The fourth-order valence-electron chi connectivity index (χ4n) is 2.76. The van der Waals surface area contributed by atoms with E-state index in [1.165, 1.54) is 0 Å². The lowest BCUT2D eigenvalue weighted by molar-refractivity contribution is -0.138. The molecule has 0 unspecified atom stereocenters. The van der Waals surface area contributed by atoms with Gasteiger partial charge in [0.15, 0.2) is 0 Å². The molecular weight excluding hydrogens is 330 g/mol. The van der Waals surface area contributed by atoms with Crippen LogP contribution in [0.3, 0.4) is 0 Å². The summed E-state index contributed by atoms with van der Waals surface area (Å²) in [6.07, 6.45) is 2.02. The van der Waals surface area contributed by atoms with Gasteiger partial charge in [-0.15, -0.1) is 11.3 Å². The Morgan fingerprint density at radius 1 is 1.16 bits per heavy atom. The maximum Gasteiger partial charge on any atom is 0.227 e. The minimum absolute atomic E-state index is 0.122. The largest absolute Gasteiger partial charge is 0.341 e. The Labute approximate surface area is 152 Å². The number of para-hydroxylation sites is 1. The van der Waals surface area contributed by atoms with Crippen LogP contribution in [0.1, 0.15) is 26.3 Å². The molecule has 0 N–H and O–H groups in total. The van der Waals surface area contributed by atoms with E-state index in [1.807, 2.05) is 80.5 Å². The van der Waals surface area contributed by atoms with Crippen molar-refractivity contribution in [3.05, 3.63) is 59.6 Å². The highest BCUT2D eigenvalue weighted by molar-refractivity contribution is 7.13. The molecule has 0 aliphatic rings. The van der Waals surface area contributed by atoms with E-state index in [-0.39, 0.29) is 5.91 Å². The molecule has 3 aromatic rings. The number of carbonyl (C=O) groups is 1. The van der Waals surface area contributed by atoms with Gasteiger partial charge in [0.05, 0.1) is 10.6 Å². The number of carbonyl (C=O) groups excluding carboxylic acids is 1. The van der Waals surface area contributed by atoms with Crippen LogP contribution in [0.4, 0.5) is 0 Å². The van der Waals surface area contributed by atoms with Crippen LogP contribution in [0.5, 0.6) is 0 Å². The molecule has 0 saturated carbocycles. The molecule has 3 rings (SSSR count). The second-order valence-electron chi connectivity index (χ2n) is 7.17. The first-order valence-corrected chi connectivity index (χ1v) is 9.17. The van der Waals surface area contributed by atoms with Gasteiger partial charge in [0.1, 0.15) is 5.69 Å². The molecule has 0 spiro atoms. The van der Waals surface area contributed by atoms with Crippen molar-refractivity contribution in [3.63, 3.8) is 0 Å². The summed E-state index contributed by atoms with van der Waals surface area (Å²) in [5.41, 5.74) is 2.60. The third-order valence-electron chi connectivity index (χ3n) is 3.96. The maximum absolute atomic E-state index is 12.5. The SMILES string of the molecule is CN(Cc1cn(-c2ccccc2)nc1-c1cccs1)C(=O)C(C)(C)C. The molecule has 0 fully saturated rings. The van der Waals surface area contributed by atoms with Crippen molar-refractivity contribution in [1.29, 1.82) is 0 Å². The Hall–Kier alpha value is -2.40. The Morgan fingerprint density at radius 3 is 2.48 bits per heavy atom. The fourth-order valence-corrected chi connectivity index (χ4v) is 3.50. The molecule has 0 bridgehead atoms. The van der Waals surface area contributed by atoms with Gasteiger partial charge in [-0.2, -0.15) is 5.10 Å². The molecule has 25 heavy (non-hydrogen) atoms. The predicted octanol–water partition coefficient (Wildman–Crippen LogP) is 4.61. The van der Waals surface area contributed by atoms with Crippen LogP contribution in [0.25, 0.3) is 16.3 Å². The topological polar surface area (TPSA) is 38.1 Å². The quantitative estimate of drug-likeness (QED) is 0.687. The minimum atomic E-state index is -0.396. The summed E-state index contributed by atoms with van der Waals surface area (Å²) < 4.78 is 1.89. The third-order valence-corrected chi connectivity index (χ3v) is 4.84. The van der Waals surface area contributed by atoms with E-state index in [9.17, 15) is 4.79 Å². The lowest BCUT2D eigenvalue weighted by Crippen LogP contribution is -2.36. The summed E-state index contributed by atoms with van der Waals surface area (Å²) in [6.45, 7) is 6.37. The Kier molecular flexibility index (Phi) is 4.77. The summed E-state index contributed by atoms with van der Waals surface area (Å²) in [6, 6.07) is 14.1. The van der Waals surface area contributed by atoms with Gasteiger partial charge in [-0.25, -0.2) is 4.68 Å². The average Bonchev–Trinajstić information content (AvgIpc) is 3.23. The molecule has 0 radical (unpaired) electrons. The highest BCUT2D eigenvalue weighted by atomic mass is 32.1. The second-order valence-corrected chi connectivity index (χ2v) is 8.12. The number of aromatic nitrogens is 2. The van der Waals surface area contributed by atoms with Crippen LogP contribution >= 0.6 is 11.3 Å². The number of hydrogen-bond acceptors (Lipinski definition) is 3. The van der Waals surface area contributed by atoms with Crippen molar-refractivity contribution in [2.24, 2.45) is 5.41 Å². The van der Waals surface area contributed by atoms with Crippen LogP contribution < -0.4 is 0 Å². The molecule has 0 aliphatic heterocycles. The Bertz CT molecular complexity index is 845. The molecule has 2 heterocycles. The van der Waals surface area contributed by atoms with E-state index < -0.39 is 5.41 Å². The summed E-state index contributed by atoms with van der Waals surface area (Å²) in [5, 5.41) is 6.83. The van der Waals surface area contributed by atoms with Gasteiger partial charge >= 0.3 is 0 Å². The molecule has 0 saturated heterocycles. The first-order chi connectivity index (χ1) is 11.9. The minimum Gasteiger partial charge on any atom is -0.341 e. The van der Waals surface area contributed by atoms with Crippen molar-refractivity contribution < 1.29 is 4.79 Å².